The second-order valence-electron chi connectivity index (χ2n) is 6.60. The van der Waals surface area contributed by atoms with Crippen LogP contribution in [0, 0.1) is 0 Å². The molecule has 2 aliphatic rings. The standard InChI is InChI=1S/C20H12Cl2N4O2/c21-8-5-6-11(12(22)7-8)13-14-16(9-3-1-2-4-10(9)17(14)27)24-18-15(13)19(28)26-20(23)25-18/h1-7,13H,(H4,23,24,25,26,28). The van der Waals surface area contributed by atoms with Crippen LogP contribution in [-0.4, -0.2) is 15.8 Å². The van der Waals surface area contributed by atoms with Gasteiger partial charge in [-0.1, -0.05) is 53.5 Å². The molecule has 2 heterocycles. The zero-order valence-electron chi connectivity index (χ0n) is 14.2. The average molecular weight is 411 g/mol. The topological polar surface area (TPSA) is 101 Å². The summed E-state index contributed by atoms with van der Waals surface area (Å²) in [5.41, 5.74) is 8.58. The minimum absolute atomic E-state index is 0.0149. The second-order valence-corrected chi connectivity index (χ2v) is 7.44. The maximum absolute atomic E-state index is 13.3. The maximum Gasteiger partial charge on any atom is 0.258 e. The number of nitrogens with one attached hydrogen (secondary N) is 2. The fourth-order valence-electron chi connectivity index (χ4n) is 3.89. The van der Waals surface area contributed by atoms with Gasteiger partial charge in [0, 0.05) is 26.7 Å². The van der Waals surface area contributed by atoms with Crippen molar-refractivity contribution in [3.63, 3.8) is 0 Å². The van der Waals surface area contributed by atoms with Crippen molar-refractivity contribution in [1.29, 1.82) is 0 Å². The Morgan fingerprint density at radius 1 is 1.04 bits per heavy atom. The molecule has 1 aromatic heterocycles. The van der Waals surface area contributed by atoms with Crippen LogP contribution >= 0.6 is 23.2 Å². The van der Waals surface area contributed by atoms with Gasteiger partial charge in [-0.15, -0.1) is 0 Å². The van der Waals surface area contributed by atoms with Crippen molar-refractivity contribution in [3.8, 4) is 0 Å². The van der Waals surface area contributed by atoms with Gasteiger partial charge in [0.05, 0.1) is 17.2 Å². The van der Waals surface area contributed by atoms with Crippen LogP contribution in [0.5, 0.6) is 0 Å². The van der Waals surface area contributed by atoms with E-state index in [0.717, 1.165) is 5.56 Å². The molecular weight excluding hydrogens is 399 g/mol. The molecule has 138 valence electrons. The number of hydrogen-bond acceptors (Lipinski definition) is 5. The molecule has 0 spiro atoms. The highest BCUT2D eigenvalue weighted by Crippen LogP contribution is 2.49. The van der Waals surface area contributed by atoms with Gasteiger partial charge >= 0.3 is 0 Å². The predicted octanol–water partition coefficient (Wildman–Crippen LogP) is 3.82. The van der Waals surface area contributed by atoms with Crippen LogP contribution < -0.4 is 16.6 Å². The molecule has 1 atom stereocenters. The van der Waals surface area contributed by atoms with E-state index in [4.69, 9.17) is 28.9 Å². The number of halogens is 2. The van der Waals surface area contributed by atoms with E-state index in [1.807, 2.05) is 12.1 Å². The maximum atomic E-state index is 13.3. The number of nitrogens with zero attached hydrogens (tertiary/aromatic N) is 1. The first-order valence-corrected chi connectivity index (χ1v) is 9.21. The Morgan fingerprint density at radius 2 is 1.79 bits per heavy atom. The van der Waals surface area contributed by atoms with Crippen molar-refractivity contribution < 1.29 is 4.79 Å². The zero-order chi connectivity index (χ0) is 19.6. The van der Waals surface area contributed by atoms with Crippen LogP contribution in [0.3, 0.4) is 0 Å². The molecule has 4 N–H and O–H groups in total. The van der Waals surface area contributed by atoms with E-state index >= 15 is 0 Å². The number of benzene rings is 2. The minimum atomic E-state index is -0.701. The molecule has 0 saturated heterocycles. The number of hydrogen-bond donors (Lipinski definition) is 3. The number of Topliss-reactive ketones (excluding diaryl/α,β-unsaturated/α-hetero) is 1. The summed E-state index contributed by atoms with van der Waals surface area (Å²) < 4.78 is 0. The molecule has 5 rings (SSSR count). The number of fused-ring (bicyclic) bond motifs is 3. The number of anilines is 2. The number of rotatable bonds is 1. The van der Waals surface area contributed by atoms with Crippen molar-refractivity contribution in [1.82, 2.24) is 9.97 Å². The predicted molar refractivity (Wildman–Crippen MR) is 109 cm³/mol. The SMILES string of the molecule is Nc1nc2c(c(=O)[nH]1)C(c1ccc(Cl)cc1Cl)C1=C(N2)c2ccccc2C1=O. The molecule has 1 unspecified atom stereocenters. The number of nitrogen functional groups attached to an aromatic ring is 1. The first-order chi connectivity index (χ1) is 13.5. The van der Waals surface area contributed by atoms with E-state index < -0.39 is 11.5 Å². The lowest BCUT2D eigenvalue weighted by molar-refractivity contribution is 0.103. The Bertz CT molecular complexity index is 1280. The van der Waals surface area contributed by atoms with Crippen molar-refractivity contribution in [2.75, 3.05) is 11.1 Å². The third-order valence-electron chi connectivity index (χ3n) is 5.02. The quantitative estimate of drug-likeness (QED) is 0.565. The van der Waals surface area contributed by atoms with Crippen LogP contribution in [0.2, 0.25) is 10.0 Å². The van der Waals surface area contributed by atoms with Gasteiger partial charge in [-0.2, -0.15) is 4.98 Å². The summed E-state index contributed by atoms with van der Waals surface area (Å²) in [6.07, 6.45) is 0. The fraction of sp³-hybridized carbons (Fsp3) is 0.0500. The summed E-state index contributed by atoms with van der Waals surface area (Å²) in [5.74, 6) is -0.567. The largest absolute Gasteiger partial charge is 0.369 e. The smallest absolute Gasteiger partial charge is 0.258 e. The average Bonchev–Trinajstić information content (AvgIpc) is 2.93. The molecule has 8 heteroatoms. The van der Waals surface area contributed by atoms with Crippen molar-refractivity contribution in [2.45, 2.75) is 5.92 Å². The third-order valence-corrected chi connectivity index (χ3v) is 5.59. The number of carbonyl (C=O) groups excluding carboxylic acids is 1. The van der Waals surface area contributed by atoms with Gasteiger partial charge in [0.1, 0.15) is 5.82 Å². The minimum Gasteiger partial charge on any atom is -0.369 e. The van der Waals surface area contributed by atoms with E-state index in [-0.39, 0.29) is 11.7 Å². The van der Waals surface area contributed by atoms with Crippen molar-refractivity contribution >= 4 is 46.4 Å². The highest BCUT2D eigenvalue weighted by atomic mass is 35.5. The number of H-pyrrole nitrogens is 1. The van der Waals surface area contributed by atoms with Gasteiger partial charge in [0.25, 0.3) is 5.56 Å². The highest BCUT2D eigenvalue weighted by molar-refractivity contribution is 6.35. The molecule has 1 aliphatic carbocycles. The molecule has 0 radical (unpaired) electrons. The molecule has 2 aromatic carbocycles. The Kier molecular flexibility index (Phi) is 3.62. The van der Waals surface area contributed by atoms with Crippen LogP contribution in [0.1, 0.15) is 33.0 Å². The lowest BCUT2D eigenvalue weighted by atomic mass is 9.81. The van der Waals surface area contributed by atoms with E-state index in [9.17, 15) is 9.59 Å². The molecule has 0 fully saturated rings. The number of aromatic nitrogens is 2. The van der Waals surface area contributed by atoms with Gasteiger partial charge < -0.3 is 11.1 Å². The molecule has 0 bridgehead atoms. The van der Waals surface area contributed by atoms with Gasteiger partial charge in [0.2, 0.25) is 5.95 Å². The van der Waals surface area contributed by atoms with Crippen LogP contribution in [0.15, 0.2) is 52.8 Å². The van der Waals surface area contributed by atoms with Crippen LogP contribution in [-0.2, 0) is 0 Å². The number of aromatic amines is 1. The molecule has 28 heavy (non-hydrogen) atoms. The summed E-state index contributed by atoms with van der Waals surface area (Å²) in [5, 5.41) is 3.96. The van der Waals surface area contributed by atoms with Crippen molar-refractivity contribution in [3.05, 3.63) is 90.7 Å². The number of carbonyl (C=O) groups is 1. The number of nitrogens with two attached hydrogens (primary N) is 1. The fourth-order valence-corrected chi connectivity index (χ4v) is 4.40. The normalized spacial score (nSPS) is 17.1. The summed E-state index contributed by atoms with van der Waals surface area (Å²) in [7, 11) is 0. The van der Waals surface area contributed by atoms with Gasteiger partial charge in [-0.25, -0.2) is 0 Å². The monoisotopic (exact) mass is 410 g/mol. The molecule has 0 saturated carbocycles. The van der Waals surface area contributed by atoms with E-state index in [1.54, 1.807) is 30.3 Å². The highest BCUT2D eigenvalue weighted by Gasteiger charge is 2.42. The third kappa shape index (κ3) is 2.32. The molecular formula is C20H12Cl2N4O2. The Balaban J connectivity index is 1.85. The van der Waals surface area contributed by atoms with Gasteiger partial charge in [0.15, 0.2) is 5.78 Å². The Labute approximate surface area is 169 Å². The summed E-state index contributed by atoms with van der Waals surface area (Å²) in [6.45, 7) is 0. The summed E-state index contributed by atoms with van der Waals surface area (Å²) >= 11 is 12.5. The van der Waals surface area contributed by atoms with Crippen molar-refractivity contribution in [2.24, 2.45) is 0 Å². The molecule has 0 amide bonds. The van der Waals surface area contributed by atoms with E-state index in [2.05, 4.69) is 15.3 Å². The first kappa shape index (κ1) is 17.0. The summed E-state index contributed by atoms with van der Waals surface area (Å²) in [6, 6.07) is 12.3. The molecule has 6 nitrogen and oxygen atoms in total. The second kappa shape index (κ2) is 5.95. The van der Waals surface area contributed by atoms with Crippen LogP contribution in [0.25, 0.3) is 5.70 Å². The number of allylic oxidation sites excluding steroid dienone is 1. The van der Waals surface area contributed by atoms with Gasteiger partial charge in [-0.3, -0.25) is 14.6 Å². The first-order valence-electron chi connectivity index (χ1n) is 8.45. The lowest BCUT2D eigenvalue weighted by Crippen LogP contribution is -2.28. The van der Waals surface area contributed by atoms with Gasteiger partial charge in [-0.05, 0) is 17.7 Å². The zero-order valence-corrected chi connectivity index (χ0v) is 15.7. The van der Waals surface area contributed by atoms with E-state index in [1.165, 1.54) is 0 Å². The van der Waals surface area contributed by atoms with E-state index in [0.29, 0.717) is 43.8 Å². The lowest BCUT2D eigenvalue weighted by Gasteiger charge is -2.27. The Hall–Kier alpha value is -3.09. The van der Waals surface area contributed by atoms with Crippen LogP contribution in [0.4, 0.5) is 11.8 Å². The molecule has 1 aliphatic heterocycles. The summed E-state index contributed by atoms with van der Waals surface area (Å²) in [4.78, 5) is 32.8. The Morgan fingerprint density at radius 3 is 2.54 bits per heavy atom. The molecule has 3 aromatic rings. The number of ketones is 1.